The Bertz CT molecular complexity index is 1340. The van der Waals surface area contributed by atoms with Crippen LogP contribution in [0.2, 0.25) is 0 Å². The molecule has 8 nitrogen and oxygen atoms in total. The number of ether oxygens (including phenoxy) is 2. The van der Waals surface area contributed by atoms with E-state index in [0.717, 1.165) is 17.8 Å². The lowest BCUT2D eigenvalue weighted by Gasteiger charge is -2.21. The highest BCUT2D eigenvalue weighted by Crippen LogP contribution is 2.45. The van der Waals surface area contributed by atoms with Crippen molar-refractivity contribution in [3.63, 3.8) is 0 Å². The molecule has 1 aromatic carbocycles. The third-order valence-electron chi connectivity index (χ3n) is 5.35. The highest BCUT2D eigenvalue weighted by molar-refractivity contribution is 7.18. The predicted octanol–water partition coefficient (Wildman–Crippen LogP) is 5.27. The Kier molecular flexibility index (Phi) is 7.66. The quantitative estimate of drug-likeness (QED) is 0.134. The standard InChI is InChI=1S/C26H24N2O6S2/c1-4-11-33-17-9-6-8-16(14-17)21(29)19-20(18-10-7-13-35-18)28(24(31)22(19)30)26-27-15(3)23(36-26)25(32)34-12-5-2/h5-10,13-14,20,29H,2,4,11-12H2,1,3H3. The van der Waals surface area contributed by atoms with Crippen LogP contribution in [0.25, 0.3) is 5.76 Å². The fraction of sp³-hybridized carbons (Fsp3) is 0.231. The number of esters is 1. The first-order valence-corrected chi connectivity index (χ1v) is 12.9. The van der Waals surface area contributed by atoms with Crippen molar-refractivity contribution in [1.82, 2.24) is 4.98 Å². The van der Waals surface area contributed by atoms with Gasteiger partial charge in [-0.25, -0.2) is 9.78 Å². The van der Waals surface area contributed by atoms with Gasteiger partial charge in [0.1, 0.15) is 29.0 Å². The monoisotopic (exact) mass is 524 g/mol. The van der Waals surface area contributed by atoms with Gasteiger partial charge >= 0.3 is 11.9 Å². The zero-order valence-electron chi connectivity index (χ0n) is 19.7. The number of thiophene rings is 1. The van der Waals surface area contributed by atoms with Crippen LogP contribution >= 0.6 is 22.7 Å². The van der Waals surface area contributed by atoms with E-state index in [0.29, 0.717) is 28.5 Å². The van der Waals surface area contributed by atoms with E-state index in [2.05, 4.69) is 11.6 Å². The van der Waals surface area contributed by atoms with Gasteiger partial charge in [0, 0.05) is 10.4 Å². The number of aliphatic hydroxyl groups is 1. The van der Waals surface area contributed by atoms with E-state index in [-0.39, 0.29) is 27.9 Å². The number of benzene rings is 1. The molecule has 4 rings (SSSR count). The molecule has 0 spiro atoms. The molecular formula is C26H24N2O6S2. The van der Waals surface area contributed by atoms with Crippen LogP contribution in [0.15, 0.2) is 60.0 Å². The number of Topliss-reactive ketones (excluding diaryl/α,β-unsaturated/α-hetero) is 1. The van der Waals surface area contributed by atoms with Crippen molar-refractivity contribution < 1.29 is 29.0 Å². The van der Waals surface area contributed by atoms with Crippen LogP contribution in [0.3, 0.4) is 0 Å². The van der Waals surface area contributed by atoms with Crippen LogP contribution in [0.1, 0.15) is 45.2 Å². The van der Waals surface area contributed by atoms with E-state index < -0.39 is 23.7 Å². The molecule has 0 saturated carbocycles. The number of aliphatic hydroxyl groups excluding tert-OH is 1. The molecule has 1 aliphatic heterocycles. The number of anilines is 1. The summed E-state index contributed by atoms with van der Waals surface area (Å²) in [7, 11) is 0. The fourth-order valence-corrected chi connectivity index (χ4v) is 5.54. The third-order valence-corrected chi connectivity index (χ3v) is 7.41. The molecule has 2 aromatic heterocycles. The Hall–Kier alpha value is -3.76. The molecule has 3 heterocycles. The molecule has 10 heteroatoms. The summed E-state index contributed by atoms with van der Waals surface area (Å²) in [6.45, 7) is 7.68. The molecule has 36 heavy (non-hydrogen) atoms. The van der Waals surface area contributed by atoms with Crippen LogP contribution in [0.4, 0.5) is 5.13 Å². The molecule has 1 saturated heterocycles. The van der Waals surface area contributed by atoms with Gasteiger partial charge in [-0.1, -0.05) is 49.1 Å². The van der Waals surface area contributed by atoms with Crippen LogP contribution < -0.4 is 9.64 Å². The average Bonchev–Trinajstić information content (AvgIpc) is 3.60. The van der Waals surface area contributed by atoms with Crippen LogP contribution in [0.5, 0.6) is 5.75 Å². The van der Waals surface area contributed by atoms with E-state index in [1.165, 1.54) is 22.3 Å². The first kappa shape index (κ1) is 25.3. The number of ketones is 1. The fourth-order valence-electron chi connectivity index (χ4n) is 3.73. The molecule has 186 valence electrons. The zero-order valence-corrected chi connectivity index (χ0v) is 21.4. The second-order valence-electron chi connectivity index (χ2n) is 7.86. The van der Waals surface area contributed by atoms with Crippen molar-refractivity contribution in [2.24, 2.45) is 0 Å². The van der Waals surface area contributed by atoms with Gasteiger partial charge in [-0.05, 0) is 36.9 Å². The summed E-state index contributed by atoms with van der Waals surface area (Å²) in [5, 5.41) is 13.2. The molecule has 1 fully saturated rings. The number of rotatable bonds is 9. The maximum atomic E-state index is 13.3. The van der Waals surface area contributed by atoms with E-state index in [4.69, 9.17) is 9.47 Å². The minimum absolute atomic E-state index is 0.0340. The van der Waals surface area contributed by atoms with Crippen LogP contribution in [0, 0.1) is 6.92 Å². The summed E-state index contributed by atoms with van der Waals surface area (Å²) in [6.07, 6.45) is 2.27. The van der Waals surface area contributed by atoms with Crippen molar-refractivity contribution in [2.75, 3.05) is 18.1 Å². The lowest BCUT2D eigenvalue weighted by Crippen LogP contribution is -2.29. The van der Waals surface area contributed by atoms with Crippen molar-refractivity contribution in [3.05, 3.63) is 81.0 Å². The van der Waals surface area contributed by atoms with Gasteiger partial charge in [0.25, 0.3) is 5.78 Å². The number of aryl methyl sites for hydroxylation is 1. The van der Waals surface area contributed by atoms with E-state index in [1.807, 2.05) is 12.3 Å². The van der Waals surface area contributed by atoms with Gasteiger partial charge < -0.3 is 14.6 Å². The largest absolute Gasteiger partial charge is 0.507 e. The molecule has 0 aliphatic carbocycles. The van der Waals surface area contributed by atoms with Crippen molar-refractivity contribution >= 4 is 51.2 Å². The van der Waals surface area contributed by atoms with Crippen molar-refractivity contribution in [1.29, 1.82) is 0 Å². The second kappa shape index (κ2) is 10.9. The zero-order chi connectivity index (χ0) is 25.8. The predicted molar refractivity (Wildman–Crippen MR) is 139 cm³/mol. The SMILES string of the molecule is C=CCOC(=O)c1sc(N2C(=O)C(=O)C(=C(O)c3cccc(OCCC)c3)C2c2cccs2)nc1C. The number of nitrogens with zero attached hydrogens (tertiary/aromatic N) is 2. The molecule has 0 bridgehead atoms. The van der Waals surface area contributed by atoms with Gasteiger partial charge in [-0.2, -0.15) is 0 Å². The average molecular weight is 525 g/mol. The molecule has 1 aliphatic rings. The Morgan fingerprint density at radius 3 is 2.78 bits per heavy atom. The number of hydrogen-bond acceptors (Lipinski definition) is 9. The van der Waals surface area contributed by atoms with Crippen LogP contribution in [-0.4, -0.2) is 41.0 Å². The lowest BCUT2D eigenvalue weighted by molar-refractivity contribution is -0.132. The summed E-state index contributed by atoms with van der Waals surface area (Å²) in [4.78, 5) is 45.5. The molecule has 1 N–H and O–H groups in total. The maximum absolute atomic E-state index is 13.3. The lowest BCUT2D eigenvalue weighted by atomic mass is 10.00. The number of aromatic nitrogens is 1. The van der Waals surface area contributed by atoms with Gasteiger partial charge in [0.2, 0.25) is 0 Å². The Morgan fingerprint density at radius 2 is 2.08 bits per heavy atom. The minimum atomic E-state index is -0.909. The number of carbonyl (C=O) groups is 3. The number of amides is 1. The van der Waals surface area contributed by atoms with E-state index >= 15 is 0 Å². The molecule has 0 radical (unpaired) electrons. The summed E-state index contributed by atoms with van der Waals surface area (Å²) in [5.41, 5.74) is 0.669. The second-order valence-corrected chi connectivity index (χ2v) is 9.82. The van der Waals surface area contributed by atoms with Gasteiger partial charge in [-0.15, -0.1) is 11.3 Å². The Balaban J connectivity index is 1.81. The summed E-state index contributed by atoms with van der Waals surface area (Å²) < 4.78 is 10.8. The number of thiazole rings is 1. The first-order valence-electron chi connectivity index (χ1n) is 11.2. The van der Waals surface area contributed by atoms with E-state index in [9.17, 15) is 19.5 Å². The van der Waals surface area contributed by atoms with Gasteiger partial charge in [0.05, 0.1) is 17.9 Å². The summed E-state index contributed by atoms with van der Waals surface area (Å²) >= 11 is 2.30. The number of hydrogen-bond donors (Lipinski definition) is 1. The topological polar surface area (TPSA) is 106 Å². The minimum Gasteiger partial charge on any atom is -0.507 e. The molecule has 1 amide bonds. The Labute approximate surface area is 216 Å². The van der Waals surface area contributed by atoms with Gasteiger partial charge in [0.15, 0.2) is 5.13 Å². The van der Waals surface area contributed by atoms with Gasteiger partial charge in [-0.3, -0.25) is 14.5 Å². The van der Waals surface area contributed by atoms with Crippen LogP contribution in [-0.2, 0) is 14.3 Å². The third kappa shape index (κ3) is 4.82. The molecule has 1 unspecified atom stereocenters. The van der Waals surface area contributed by atoms with Crippen molar-refractivity contribution in [2.45, 2.75) is 26.3 Å². The first-order chi connectivity index (χ1) is 17.4. The highest BCUT2D eigenvalue weighted by atomic mass is 32.1. The van der Waals surface area contributed by atoms with Crippen molar-refractivity contribution in [3.8, 4) is 5.75 Å². The summed E-state index contributed by atoms with van der Waals surface area (Å²) in [5.74, 6) is -2.04. The molecular weight excluding hydrogens is 500 g/mol. The smallest absolute Gasteiger partial charge is 0.350 e. The molecule has 1 atom stereocenters. The maximum Gasteiger partial charge on any atom is 0.350 e. The summed E-state index contributed by atoms with van der Waals surface area (Å²) in [6, 6.07) is 9.41. The Morgan fingerprint density at radius 1 is 1.28 bits per heavy atom. The number of carbonyl (C=O) groups excluding carboxylic acids is 3. The molecule has 3 aromatic rings. The normalized spacial score (nSPS) is 16.8. The van der Waals surface area contributed by atoms with E-state index in [1.54, 1.807) is 43.3 Å². The highest BCUT2D eigenvalue weighted by Gasteiger charge is 2.49.